The van der Waals surface area contributed by atoms with Gasteiger partial charge in [0, 0.05) is 0 Å². The number of hydrogen-bond acceptors (Lipinski definition) is 2. The van der Waals surface area contributed by atoms with Crippen molar-refractivity contribution >= 4 is 75.4 Å². The third-order valence-corrected chi connectivity index (χ3v) is 0. The molecule has 3 nitrogen and oxygen atoms in total. The van der Waals surface area contributed by atoms with Crippen LogP contribution in [-0.4, -0.2) is 80.5 Å². The van der Waals surface area contributed by atoms with Crippen molar-refractivity contribution in [2.24, 2.45) is 0 Å². The molecule has 0 aromatic carbocycles. The van der Waals surface area contributed by atoms with E-state index in [9.17, 15) is 0 Å². The fourth-order valence-corrected chi connectivity index (χ4v) is 0. The first-order chi connectivity index (χ1) is 1.41. The molecule has 4 heteroatoms. The van der Waals surface area contributed by atoms with E-state index in [4.69, 9.17) is 9.90 Å². The minimum absolute atomic E-state index is 0. The average molecular weight is 197 g/mol. The van der Waals surface area contributed by atoms with Crippen LogP contribution in [0.4, 0.5) is 0 Å². The van der Waals surface area contributed by atoms with Gasteiger partial charge in [0.05, 0.1) is 0 Å². The number of carboxylic acid groups (broad SMARTS) is 1. The van der Waals surface area contributed by atoms with Gasteiger partial charge in [-0.15, -0.1) is 0 Å². The second kappa shape index (κ2) is 17.9. The van der Waals surface area contributed by atoms with Crippen molar-refractivity contribution in [3.63, 3.8) is 0 Å². The van der Waals surface area contributed by atoms with Crippen molar-refractivity contribution in [1.29, 1.82) is 0 Å². The monoisotopic (exact) mass is 197 g/mol. The fraction of sp³-hybridized carbons (Fsp3) is 0. The Bertz CT molecular complexity index is 17.1. The molecule has 28 valence electrons. The summed E-state index contributed by atoms with van der Waals surface area (Å²) in [6.07, 6.45) is 0. The third-order valence-electron chi connectivity index (χ3n) is 0. The Morgan fingerprint density at radius 1 is 1.60 bits per heavy atom. The molecule has 0 aromatic heterocycles. The first-order valence-electron chi connectivity index (χ1n) is 0.494. The van der Waals surface area contributed by atoms with Gasteiger partial charge in [-0.2, -0.15) is 0 Å². The van der Waals surface area contributed by atoms with Gasteiger partial charge in [0.2, 0.25) is 0 Å². The van der Waals surface area contributed by atoms with E-state index >= 15 is 0 Å². The Morgan fingerprint density at radius 3 is 1.60 bits per heavy atom. The Balaban J connectivity index is -0.0000000200. The Morgan fingerprint density at radius 2 is 1.60 bits per heavy atom. The van der Waals surface area contributed by atoms with Crippen LogP contribution in [0.15, 0.2) is 0 Å². The molecular formula is CH6CsNO2. The molecule has 0 atom stereocenters. The summed E-state index contributed by atoms with van der Waals surface area (Å²) in [7, 11) is 0. The summed E-state index contributed by atoms with van der Waals surface area (Å²) >= 11 is 0. The molecule has 0 bridgehead atoms. The molecule has 0 aliphatic rings. The Labute approximate surface area is 89.1 Å². The van der Waals surface area contributed by atoms with Crippen LogP contribution in [0.25, 0.3) is 0 Å². The SMILES string of the molecule is N.O=CO.[CsH]. The molecule has 0 spiro atoms. The van der Waals surface area contributed by atoms with Gasteiger partial charge in [0.15, 0.2) is 0 Å². The van der Waals surface area contributed by atoms with Gasteiger partial charge in [0.1, 0.15) is 0 Å². The van der Waals surface area contributed by atoms with Crippen LogP contribution in [0.5, 0.6) is 0 Å². The topological polar surface area (TPSA) is 72.3 Å². The molecule has 0 aliphatic heterocycles. The van der Waals surface area contributed by atoms with Crippen molar-refractivity contribution in [3.05, 3.63) is 0 Å². The van der Waals surface area contributed by atoms with Gasteiger partial charge < -0.3 is 11.3 Å². The summed E-state index contributed by atoms with van der Waals surface area (Å²) in [5.74, 6) is 0. The van der Waals surface area contributed by atoms with E-state index in [0.717, 1.165) is 0 Å². The van der Waals surface area contributed by atoms with Crippen LogP contribution in [0.3, 0.4) is 0 Å². The molecule has 4 N–H and O–H groups in total. The molecule has 0 amide bonds. The predicted octanol–water partition coefficient (Wildman–Crippen LogP) is -0.786. The standard InChI is InChI=1S/CH2O2.Cs.H3N.H/c2-1-3;;;/h1H,(H,2,3);;1H3;. The van der Waals surface area contributed by atoms with Crippen molar-refractivity contribution in [3.8, 4) is 0 Å². The summed E-state index contributed by atoms with van der Waals surface area (Å²) in [4.78, 5) is 8.36. The van der Waals surface area contributed by atoms with E-state index in [1.54, 1.807) is 0 Å². The molecule has 0 unspecified atom stereocenters. The van der Waals surface area contributed by atoms with Gasteiger partial charge in [-0.05, 0) is 0 Å². The molecule has 0 aliphatic carbocycles. The minimum atomic E-state index is -0.250. The van der Waals surface area contributed by atoms with Gasteiger partial charge in [0.25, 0.3) is 6.47 Å². The van der Waals surface area contributed by atoms with Gasteiger partial charge in [-0.1, -0.05) is 0 Å². The van der Waals surface area contributed by atoms with Crippen LogP contribution in [0, 0.1) is 0 Å². The molecule has 5 heavy (non-hydrogen) atoms. The molecule has 0 rings (SSSR count). The normalized spacial score (nSPS) is 2.40. The zero-order chi connectivity index (χ0) is 2.71. The van der Waals surface area contributed by atoms with Gasteiger partial charge >= 0.3 is 68.9 Å². The van der Waals surface area contributed by atoms with E-state index in [0.29, 0.717) is 0 Å². The molecule has 0 heterocycles. The van der Waals surface area contributed by atoms with Crippen molar-refractivity contribution in [2.45, 2.75) is 0 Å². The van der Waals surface area contributed by atoms with E-state index in [2.05, 4.69) is 0 Å². The second-order valence-corrected chi connectivity index (χ2v) is 0.105. The average Bonchev–Trinajstić information content (AvgIpc) is 0.918. The van der Waals surface area contributed by atoms with Crippen LogP contribution in [0.2, 0.25) is 0 Å². The number of hydrogen-bond donors (Lipinski definition) is 2. The third kappa shape index (κ3) is 30.3. The molecular weight excluding hydrogens is 191 g/mol. The number of rotatable bonds is 0. The molecule has 0 radical (unpaired) electrons. The maximum absolute atomic E-state index is 8.36. The van der Waals surface area contributed by atoms with E-state index in [-0.39, 0.29) is 81.5 Å². The summed E-state index contributed by atoms with van der Waals surface area (Å²) < 4.78 is 0. The Hall–Kier alpha value is 1.48. The fourth-order valence-electron chi connectivity index (χ4n) is 0. The predicted molar refractivity (Wildman–Crippen MR) is 20.9 cm³/mol. The van der Waals surface area contributed by atoms with Crippen LogP contribution >= 0.6 is 0 Å². The first-order valence-corrected chi connectivity index (χ1v) is 0.494. The van der Waals surface area contributed by atoms with E-state index in [1.807, 2.05) is 0 Å². The molecule has 0 saturated carbocycles. The second-order valence-electron chi connectivity index (χ2n) is 0.105. The summed E-state index contributed by atoms with van der Waals surface area (Å²) in [5.41, 5.74) is 0. The first kappa shape index (κ1) is 16.1. The van der Waals surface area contributed by atoms with Crippen molar-refractivity contribution < 1.29 is 9.90 Å². The summed E-state index contributed by atoms with van der Waals surface area (Å²) in [5, 5.41) is 6.89. The summed E-state index contributed by atoms with van der Waals surface area (Å²) in [6.45, 7) is -0.250. The quantitative estimate of drug-likeness (QED) is 0.500. The van der Waals surface area contributed by atoms with Crippen LogP contribution in [-0.2, 0) is 4.79 Å². The zero-order valence-electron chi connectivity index (χ0n) is 2.14. The summed E-state index contributed by atoms with van der Waals surface area (Å²) in [6, 6.07) is 0. The molecule has 0 saturated heterocycles. The maximum atomic E-state index is 8.36. The Kier molecular flexibility index (Phi) is 57.4. The zero-order valence-corrected chi connectivity index (χ0v) is 2.14. The number of carbonyl (C=O) groups is 1. The van der Waals surface area contributed by atoms with E-state index < -0.39 is 0 Å². The van der Waals surface area contributed by atoms with Gasteiger partial charge in [-0.25, -0.2) is 0 Å². The molecule has 0 fully saturated rings. The van der Waals surface area contributed by atoms with E-state index in [1.165, 1.54) is 0 Å². The van der Waals surface area contributed by atoms with Crippen LogP contribution < -0.4 is 6.15 Å². The van der Waals surface area contributed by atoms with Crippen molar-refractivity contribution in [1.82, 2.24) is 6.15 Å². The van der Waals surface area contributed by atoms with Crippen molar-refractivity contribution in [2.75, 3.05) is 0 Å². The molecule has 0 aromatic rings. The van der Waals surface area contributed by atoms with Crippen LogP contribution in [0.1, 0.15) is 0 Å². The van der Waals surface area contributed by atoms with Gasteiger partial charge in [-0.3, -0.25) is 4.79 Å².